The van der Waals surface area contributed by atoms with Crippen molar-refractivity contribution in [2.45, 2.75) is 81.3 Å². The number of hydrogen-bond acceptors (Lipinski definition) is 8. The van der Waals surface area contributed by atoms with Crippen LogP contribution in [0.2, 0.25) is 0 Å². The first kappa shape index (κ1) is 32.2. The van der Waals surface area contributed by atoms with Crippen LogP contribution in [0, 0.1) is 0 Å². The van der Waals surface area contributed by atoms with Gasteiger partial charge in [0.2, 0.25) is 5.78 Å². The second kappa shape index (κ2) is 12.1. The van der Waals surface area contributed by atoms with Crippen molar-refractivity contribution in [2.24, 2.45) is 0 Å². The van der Waals surface area contributed by atoms with Gasteiger partial charge in [-0.15, -0.1) is 0 Å². The maximum Gasteiger partial charge on any atom is 0.298 e. The Labute approximate surface area is 244 Å². The fourth-order valence-corrected chi connectivity index (χ4v) is 8.29. The highest BCUT2D eigenvalue weighted by molar-refractivity contribution is 7.97. The summed E-state index contributed by atoms with van der Waals surface area (Å²) in [6, 6.07) is 5.54. The van der Waals surface area contributed by atoms with Gasteiger partial charge < -0.3 is 0 Å². The molecule has 14 heteroatoms. The van der Waals surface area contributed by atoms with Crippen molar-refractivity contribution >= 4 is 68.4 Å². The van der Waals surface area contributed by atoms with Gasteiger partial charge in [0, 0.05) is 22.6 Å². The molecule has 1 atom stereocenters. The average molecular weight is 641 g/mol. The van der Waals surface area contributed by atoms with E-state index >= 15 is 0 Å². The number of hydrogen-bond donors (Lipinski definition) is 3. The van der Waals surface area contributed by atoms with Gasteiger partial charge in [-0.1, -0.05) is 82.6 Å². The number of carbonyl (C=O) groups is 2. The van der Waals surface area contributed by atoms with Crippen LogP contribution in [0.5, 0.6) is 0 Å². The van der Waals surface area contributed by atoms with E-state index in [-0.39, 0.29) is 39.1 Å². The number of Topliss-reactive ketones (excluding diaryl/α,β-unsaturated/α-hetero) is 2. The number of benzene rings is 3. The molecule has 0 heterocycles. The molecule has 0 spiro atoms. The first-order chi connectivity index (χ1) is 19.6. The number of ketones is 2. The quantitative estimate of drug-likeness (QED) is 0.127. The molecule has 1 unspecified atom stereocenters. The number of carbonyl (C=O) groups excluding carboxylic acids is 2. The van der Waals surface area contributed by atoms with Gasteiger partial charge in [0.25, 0.3) is 30.4 Å². The first-order valence-electron chi connectivity index (χ1n) is 13.6. The van der Waals surface area contributed by atoms with Crippen molar-refractivity contribution in [1.82, 2.24) is 0 Å². The van der Waals surface area contributed by atoms with Crippen LogP contribution in [0.3, 0.4) is 0 Å². The van der Waals surface area contributed by atoms with Crippen molar-refractivity contribution in [1.29, 1.82) is 0 Å². The maximum atomic E-state index is 13.4. The largest absolute Gasteiger partial charge is 0.298 e. The van der Waals surface area contributed by atoms with Gasteiger partial charge in [-0.3, -0.25) is 23.2 Å². The monoisotopic (exact) mass is 640 g/mol. The van der Waals surface area contributed by atoms with E-state index in [0.717, 1.165) is 62.8 Å². The third-order valence-corrected chi connectivity index (χ3v) is 10.5. The van der Waals surface area contributed by atoms with Gasteiger partial charge in [-0.25, -0.2) is 0 Å². The molecular weight excluding hydrogens is 608 g/mol. The van der Waals surface area contributed by atoms with E-state index < -0.39 is 62.2 Å². The predicted octanol–water partition coefficient (Wildman–Crippen LogP) is 4.57. The molecule has 11 nitrogen and oxygen atoms in total. The second-order valence-electron chi connectivity index (χ2n) is 10.6. The molecule has 0 amide bonds. The standard InChI is InChI=1S/C28H32O11S3/c1-2-3-4-5-6-7-8-9-10-11-22(29)21-16-23(40(31,32)33)18-13-15-20-25-19(14-12-17(21)24(18)25)27(41(34,35)36)26(30)28(20)42(37,38)39/h12-16,27H,2-11H2,1H3,(H,31,32,33)(H,34,35,36)(H,37,38,39). The SMILES string of the molecule is CCCCCCCCCCCC(=O)c1cc(S(=O)(=O)O)c2ccc3c4c(ccc1c24)C(S(=O)(=O)O)C(=O)C=3S(=O)(=O)O. The summed E-state index contributed by atoms with van der Waals surface area (Å²) in [6.45, 7) is 2.15. The van der Waals surface area contributed by atoms with Crippen molar-refractivity contribution < 1.29 is 48.5 Å². The maximum absolute atomic E-state index is 13.4. The Morgan fingerprint density at radius 1 is 0.738 bits per heavy atom. The zero-order chi connectivity index (χ0) is 31.0. The molecule has 0 saturated carbocycles. The molecule has 0 aromatic heterocycles. The minimum atomic E-state index is -5.33. The lowest BCUT2D eigenvalue weighted by Crippen LogP contribution is -2.34. The zero-order valence-electron chi connectivity index (χ0n) is 22.9. The zero-order valence-corrected chi connectivity index (χ0v) is 25.3. The Hall–Kier alpha value is -2.75. The van der Waals surface area contributed by atoms with Crippen LogP contribution in [0.1, 0.15) is 92.3 Å². The van der Waals surface area contributed by atoms with E-state index in [9.17, 15) is 48.5 Å². The third kappa shape index (κ3) is 6.29. The highest BCUT2D eigenvalue weighted by Gasteiger charge is 2.44. The molecule has 3 aromatic rings. The molecule has 0 radical (unpaired) electrons. The summed E-state index contributed by atoms with van der Waals surface area (Å²) in [5, 5.41) is -3.30. The third-order valence-electron chi connectivity index (χ3n) is 7.65. The van der Waals surface area contributed by atoms with Crippen molar-refractivity contribution in [3.8, 4) is 0 Å². The molecule has 1 aliphatic carbocycles. The lowest BCUT2D eigenvalue weighted by atomic mass is 9.86. The van der Waals surface area contributed by atoms with E-state index in [1.54, 1.807) is 0 Å². The van der Waals surface area contributed by atoms with Crippen LogP contribution < -0.4 is 5.22 Å². The van der Waals surface area contributed by atoms with Gasteiger partial charge in [0.1, 0.15) is 9.80 Å². The molecule has 0 aliphatic heterocycles. The van der Waals surface area contributed by atoms with Crippen LogP contribution in [-0.4, -0.2) is 50.5 Å². The van der Waals surface area contributed by atoms with Gasteiger partial charge in [0.15, 0.2) is 11.0 Å². The molecule has 1 aliphatic rings. The van der Waals surface area contributed by atoms with Crippen LogP contribution >= 0.6 is 0 Å². The Morgan fingerprint density at radius 2 is 1.31 bits per heavy atom. The number of rotatable bonds is 14. The predicted molar refractivity (Wildman–Crippen MR) is 157 cm³/mol. The van der Waals surface area contributed by atoms with Crippen LogP contribution in [0.4, 0.5) is 0 Å². The molecule has 0 saturated heterocycles. The van der Waals surface area contributed by atoms with Crippen LogP contribution in [0.25, 0.3) is 26.5 Å². The molecule has 3 aromatic carbocycles. The Balaban J connectivity index is 1.87. The van der Waals surface area contributed by atoms with Crippen LogP contribution in [-0.2, 0) is 35.1 Å². The minimum Gasteiger partial charge on any atom is -0.294 e. The summed E-state index contributed by atoms with van der Waals surface area (Å²) >= 11 is 0. The summed E-state index contributed by atoms with van der Waals surface area (Å²) in [7, 11) is -15.6. The normalized spacial score (nSPS) is 16.0. The average Bonchev–Trinajstić information content (AvgIpc) is 2.87. The van der Waals surface area contributed by atoms with E-state index in [0.29, 0.717) is 6.42 Å². The highest BCUT2D eigenvalue weighted by Crippen LogP contribution is 2.41. The van der Waals surface area contributed by atoms with Crippen molar-refractivity contribution in [2.75, 3.05) is 0 Å². The molecule has 3 N–H and O–H groups in total. The molecule has 0 fully saturated rings. The molecule has 4 rings (SSSR count). The summed E-state index contributed by atoms with van der Waals surface area (Å²) in [5.41, 5.74) is -0.472. The van der Waals surface area contributed by atoms with Gasteiger partial charge >= 0.3 is 0 Å². The fourth-order valence-electron chi connectivity index (χ4n) is 5.78. The number of unbranched alkanes of at least 4 members (excludes halogenated alkanes) is 8. The van der Waals surface area contributed by atoms with E-state index in [1.807, 2.05) is 0 Å². The molecule has 42 heavy (non-hydrogen) atoms. The Kier molecular flexibility index (Phi) is 9.26. The van der Waals surface area contributed by atoms with Crippen LogP contribution in [0.15, 0.2) is 35.2 Å². The lowest BCUT2D eigenvalue weighted by Gasteiger charge is -2.24. The minimum absolute atomic E-state index is 0.0488. The Bertz CT molecular complexity index is 1960. The summed E-state index contributed by atoms with van der Waals surface area (Å²) in [6.07, 6.45) is 9.09. The second-order valence-corrected chi connectivity index (χ2v) is 14.8. The van der Waals surface area contributed by atoms with Gasteiger partial charge in [-0.05, 0) is 34.2 Å². The highest BCUT2D eigenvalue weighted by atomic mass is 32.2. The topological polar surface area (TPSA) is 197 Å². The van der Waals surface area contributed by atoms with Gasteiger partial charge in [0.05, 0.1) is 0 Å². The summed E-state index contributed by atoms with van der Waals surface area (Å²) in [5.74, 6) is -2.05. The Morgan fingerprint density at radius 3 is 1.86 bits per heavy atom. The van der Waals surface area contributed by atoms with Crippen molar-refractivity contribution in [3.05, 3.63) is 46.7 Å². The summed E-state index contributed by atoms with van der Waals surface area (Å²) < 4.78 is 104. The smallest absolute Gasteiger partial charge is 0.294 e. The fraction of sp³-hybridized carbons (Fsp3) is 0.429. The van der Waals surface area contributed by atoms with Gasteiger partial charge in [-0.2, -0.15) is 25.3 Å². The molecule has 0 bridgehead atoms. The summed E-state index contributed by atoms with van der Waals surface area (Å²) in [4.78, 5) is 24.4. The molecule has 228 valence electrons. The van der Waals surface area contributed by atoms with E-state index in [4.69, 9.17) is 0 Å². The lowest BCUT2D eigenvalue weighted by molar-refractivity contribution is -0.113. The molecular formula is C28H32O11S3. The van der Waals surface area contributed by atoms with Crippen molar-refractivity contribution in [3.63, 3.8) is 0 Å². The first-order valence-corrected chi connectivity index (χ1v) is 18.0. The van der Waals surface area contributed by atoms with E-state index in [2.05, 4.69) is 6.92 Å². The van der Waals surface area contributed by atoms with E-state index in [1.165, 1.54) is 18.9 Å².